The van der Waals surface area contributed by atoms with E-state index in [4.69, 9.17) is 16.3 Å². The maximum absolute atomic E-state index is 6.25. The second kappa shape index (κ2) is 7.41. The number of ether oxygens (including phenoxy) is 1. The number of nitrogens with zero attached hydrogens (tertiary/aromatic N) is 2. The molecule has 0 aliphatic rings. The van der Waals surface area contributed by atoms with Crippen LogP contribution in [0.4, 0.5) is 10.8 Å². The van der Waals surface area contributed by atoms with Crippen molar-refractivity contribution < 1.29 is 4.74 Å². The summed E-state index contributed by atoms with van der Waals surface area (Å²) in [7, 11) is 0. The Hall–Kier alpha value is -2.63. The highest BCUT2D eigenvalue weighted by Crippen LogP contribution is 2.38. The standard InChI is InChI=1S/C22H20ClN3OS/c1-22(2,3)14-8-4-5-11-17(14)27-20-16(10-7-13-24-20)25-21-26-19-15(23)9-6-12-18(19)28-21/h4-13H,1-3H3,(H,25,26). The van der Waals surface area contributed by atoms with Crippen molar-refractivity contribution in [3.05, 3.63) is 71.4 Å². The number of fused-ring (bicyclic) bond motifs is 1. The third kappa shape index (κ3) is 3.81. The van der Waals surface area contributed by atoms with Gasteiger partial charge in [0.15, 0.2) is 5.13 Å². The molecule has 2 aromatic carbocycles. The molecule has 0 amide bonds. The predicted molar refractivity (Wildman–Crippen MR) is 117 cm³/mol. The van der Waals surface area contributed by atoms with Crippen LogP contribution in [0, 0.1) is 0 Å². The molecule has 4 rings (SSSR count). The van der Waals surface area contributed by atoms with Crippen LogP contribution in [0.5, 0.6) is 11.6 Å². The van der Waals surface area contributed by atoms with Crippen LogP contribution < -0.4 is 10.1 Å². The van der Waals surface area contributed by atoms with Gasteiger partial charge in [-0.25, -0.2) is 9.97 Å². The zero-order valence-electron chi connectivity index (χ0n) is 15.9. The molecule has 6 heteroatoms. The molecule has 0 saturated carbocycles. The van der Waals surface area contributed by atoms with Gasteiger partial charge < -0.3 is 10.1 Å². The van der Waals surface area contributed by atoms with E-state index < -0.39 is 0 Å². The lowest BCUT2D eigenvalue weighted by atomic mass is 9.86. The number of hydrogen-bond donors (Lipinski definition) is 1. The van der Waals surface area contributed by atoms with Gasteiger partial charge in [-0.1, -0.05) is 68.0 Å². The van der Waals surface area contributed by atoms with Crippen LogP contribution in [0.1, 0.15) is 26.3 Å². The molecule has 0 bridgehead atoms. The molecule has 2 heterocycles. The molecule has 0 aliphatic carbocycles. The summed E-state index contributed by atoms with van der Waals surface area (Å²) in [4.78, 5) is 9.04. The number of anilines is 2. The minimum Gasteiger partial charge on any atom is -0.437 e. The Bertz CT molecular complexity index is 1130. The van der Waals surface area contributed by atoms with Gasteiger partial charge in [-0.15, -0.1) is 0 Å². The Morgan fingerprint density at radius 1 is 1.00 bits per heavy atom. The van der Waals surface area contributed by atoms with Gasteiger partial charge in [0.05, 0.1) is 9.72 Å². The monoisotopic (exact) mass is 409 g/mol. The fraction of sp³-hybridized carbons (Fsp3) is 0.182. The van der Waals surface area contributed by atoms with Gasteiger partial charge in [-0.05, 0) is 35.7 Å². The molecule has 142 valence electrons. The zero-order valence-corrected chi connectivity index (χ0v) is 17.4. The van der Waals surface area contributed by atoms with Crippen molar-refractivity contribution in [2.75, 3.05) is 5.32 Å². The van der Waals surface area contributed by atoms with E-state index >= 15 is 0 Å². The molecular weight excluding hydrogens is 390 g/mol. The predicted octanol–water partition coefficient (Wildman–Crippen LogP) is 7.18. The van der Waals surface area contributed by atoms with E-state index in [0.29, 0.717) is 10.9 Å². The maximum atomic E-state index is 6.25. The van der Waals surface area contributed by atoms with E-state index in [1.807, 2.05) is 48.5 Å². The second-order valence-electron chi connectivity index (χ2n) is 7.43. The number of aromatic nitrogens is 2. The molecule has 0 atom stereocenters. The van der Waals surface area contributed by atoms with E-state index in [0.717, 1.165) is 32.3 Å². The first-order chi connectivity index (χ1) is 13.4. The summed E-state index contributed by atoms with van der Waals surface area (Å²) in [5.74, 6) is 1.30. The van der Waals surface area contributed by atoms with Crippen LogP contribution in [-0.2, 0) is 5.41 Å². The van der Waals surface area contributed by atoms with Gasteiger partial charge in [0.1, 0.15) is 17.0 Å². The van der Waals surface area contributed by atoms with Crippen molar-refractivity contribution >= 4 is 44.0 Å². The Morgan fingerprint density at radius 3 is 2.61 bits per heavy atom. The number of hydrogen-bond acceptors (Lipinski definition) is 5. The van der Waals surface area contributed by atoms with E-state index in [9.17, 15) is 0 Å². The van der Waals surface area contributed by atoms with Gasteiger partial charge in [0.2, 0.25) is 5.88 Å². The highest BCUT2D eigenvalue weighted by Gasteiger charge is 2.20. The molecule has 4 aromatic rings. The zero-order chi connectivity index (χ0) is 19.7. The molecule has 1 N–H and O–H groups in total. The molecule has 0 spiro atoms. The van der Waals surface area contributed by atoms with Gasteiger partial charge in [0, 0.05) is 11.8 Å². The summed E-state index contributed by atoms with van der Waals surface area (Å²) >= 11 is 7.79. The van der Waals surface area contributed by atoms with E-state index in [1.54, 1.807) is 6.20 Å². The Balaban J connectivity index is 1.67. The van der Waals surface area contributed by atoms with Gasteiger partial charge in [-0.3, -0.25) is 0 Å². The smallest absolute Gasteiger partial charge is 0.243 e. The summed E-state index contributed by atoms with van der Waals surface area (Å²) in [5, 5.41) is 4.71. The fourth-order valence-electron chi connectivity index (χ4n) is 2.93. The Morgan fingerprint density at radius 2 is 1.82 bits per heavy atom. The minimum atomic E-state index is -0.0389. The van der Waals surface area contributed by atoms with Gasteiger partial charge >= 0.3 is 0 Å². The largest absolute Gasteiger partial charge is 0.437 e. The van der Waals surface area contributed by atoms with Gasteiger partial charge in [-0.2, -0.15) is 0 Å². The molecule has 0 aliphatic heterocycles. The summed E-state index contributed by atoms with van der Waals surface area (Å²) in [6.45, 7) is 6.49. The van der Waals surface area contributed by atoms with E-state index in [2.05, 4.69) is 42.1 Å². The fourth-order valence-corrected chi connectivity index (χ4v) is 4.11. The number of halogens is 1. The lowest BCUT2D eigenvalue weighted by molar-refractivity contribution is 0.442. The molecular formula is C22H20ClN3OS. The molecule has 0 fully saturated rings. The van der Waals surface area contributed by atoms with Crippen LogP contribution in [-0.4, -0.2) is 9.97 Å². The topological polar surface area (TPSA) is 47.0 Å². The van der Waals surface area contributed by atoms with Crippen molar-refractivity contribution in [3.8, 4) is 11.6 Å². The van der Waals surface area contributed by atoms with Crippen LogP contribution in [0.3, 0.4) is 0 Å². The average Bonchev–Trinajstić information content (AvgIpc) is 3.07. The minimum absolute atomic E-state index is 0.0389. The van der Waals surface area contributed by atoms with Crippen LogP contribution in [0.2, 0.25) is 5.02 Å². The van der Waals surface area contributed by atoms with Crippen molar-refractivity contribution in [2.24, 2.45) is 0 Å². The highest BCUT2D eigenvalue weighted by molar-refractivity contribution is 7.22. The molecule has 0 radical (unpaired) electrons. The number of rotatable bonds is 4. The number of benzene rings is 2. The van der Waals surface area contributed by atoms with Crippen LogP contribution in [0.25, 0.3) is 10.2 Å². The first-order valence-electron chi connectivity index (χ1n) is 8.96. The average molecular weight is 410 g/mol. The van der Waals surface area contributed by atoms with Crippen LogP contribution in [0.15, 0.2) is 60.8 Å². The molecule has 2 aromatic heterocycles. The summed E-state index contributed by atoms with van der Waals surface area (Å²) in [6.07, 6.45) is 1.72. The SMILES string of the molecule is CC(C)(C)c1ccccc1Oc1ncccc1Nc1nc2c(Cl)cccc2s1. The second-order valence-corrected chi connectivity index (χ2v) is 8.87. The van der Waals surface area contributed by atoms with E-state index in [1.165, 1.54) is 11.3 Å². The number of para-hydroxylation sites is 2. The number of pyridine rings is 1. The summed E-state index contributed by atoms with van der Waals surface area (Å²) < 4.78 is 7.24. The number of nitrogens with one attached hydrogen (secondary N) is 1. The highest BCUT2D eigenvalue weighted by atomic mass is 35.5. The first-order valence-corrected chi connectivity index (χ1v) is 10.2. The Kier molecular flexibility index (Phi) is 4.96. The quantitative estimate of drug-likeness (QED) is 0.387. The first kappa shape index (κ1) is 18.7. The van der Waals surface area contributed by atoms with Crippen molar-refractivity contribution in [3.63, 3.8) is 0 Å². The molecule has 28 heavy (non-hydrogen) atoms. The Labute approximate surface area is 173 Å². The lowest BCUT2D eigenvalue weighted by Crippen LogP contribution is -2.12. The van der Waals surface area contributed by atoms with E-state index in [-0.39, 0.29) is 5.41 Å². The summed E-state index contributed by atoms with van der Waals surface area (Å²) in [6, 6.07) is 17.6. The maximum Gasteiger partial charge on any atom is 0.243 e. The van der Waals surface area contributed by atoms with Gasteiger partial charge in [0.25, 0.3) is 0 Å². The van der Waals surface area contributed by atoms with Crippen LogP contribution >= 0.6 is 22.9 Å². The molecule has 4 nitrogen and oxygen atoms in total. The normalized spacial score (nSPS) is 11.6. The number of thiazole rings is 1. The lowest BCUT2D eigenvalue weighted by Gasteiger charge is -2.22. The molecule has 0 unspecified atom stereocenters. The third-order valence-electron chi connectivity index (χ3n) is 4.28. The summed E-state index contributed by atoms with van der Waals surface area (Å²) in [5.41, 5.74) is 2.63. The van der Waals surface area contributed by atoms with Crippen molar-refractivity contribution in [1.82, 2.24) is 9.97 Å². The third-order valence-corrected chi connectivity index (χ3v) is 5.53. The molecule has 0 saturated heterocycles. The van der Waals surface area contributed by atoms with Crippen molar-refractivity contribution in [2.45, 2.75) is 26.2 Å². The van der Waals surface area contributed by atoms with Crippen molar-refractivity contribution in [1.29, 1.82) is 0 Å².